The van der Waals surface area contributed by atoms with Gasteiger partial charge in [0.25, 0.3) is 0 Å². The van der Waals surface area contributed by atoms with Crippen LogP contribution in [0.1, 0.15) is 53.9 Å². The molecule has 2 aromatic carbocycles. The van der Waals surface area contributed by atoms with Crippen molar-refractivity contribution < 1.29 is 29.0 Å². The Morgan fingerprint density at radius 3 is 2.19 bits per heavy atom. The van der Waals surface area contributed by atoms with Gasteiger partial charge in [-0.05, 0) is 60.7 Å². The largest absolute Gasteiger partial charge is 0.480 e. The van der Waals surface area contributed by atoms with E-state index in [0.29, 0.717) is 5.56 Å². The van der Waals surface area contributed by atoms with Gasteiger partial charge in [-0.2, -0.15) is 0 Å². The fourth-order valence-electron chi connectivity index (χ4n) is 4.26. The molecule has 0 radical (unpaired) electrons. The zero-order valence-electron chi connectivity index (χ0n) is 20.4. The molecule has 0 saturated carbocycles. The first-order valence-corrected chi connectivity index (χ1v) is 11.6. The average molecular weight is 489 g/mol. The molecule has 36 heavy (non-hydrogen) atoms. The number of nitrogens with one attached hydrogen (secondary N) is 1. The van der Waals surface area contributed by atoms with Gasteiger partial charge >= 0.3 is 18.0 Å². The number of nitrogens with zero attached hydrogens (tertiary/aromatic N) is 1. The monoisotopic (exact) mass is 488 g/mol. The number of carboxylic acid groups (broad SMARTS) is 1. The van der Waals surface area contributed by atoms with Crippen molar-refractivity contribution >= 4 is 18.0 Å². The van der Waals surface area contributed by atoms with E-state index in [1.165, 1.54) is 12.3 Å². The topological polar surface area (TPSA) is 115 Å². The number of carboxylic acids is 1. The van der Waals surface area contributed by atoms with Gasteiger partial charge in [-0.25, -0.2) is 19.4 Å². The predicted molar refractivity (Wildman–Crippen MR) is 133 cm³/mol. The molecule has 186 valence electrons. The van der Waals surface area contributed by atoms with Gasteiger partial charge in [-0.1, -0.05) is 48.5 Å². The second-order valence-corrected chi connectivity index (χ2v) is 9.62. The van der Waals surface area contributed by atoms with E-state index in [-0.39, 0.29) is 24.6 Å². The Morgan fingerprint density at radius 1 is 1.00 bits per heavy atom. The second-order valence-electron chi connectivity index (χ2n) is 9.62. The number of aliphatic carboxylic acids is 1. The third-order valence-electron chi connectivity index (χ3n) is 5.81. The van der Waals surface area contributed by atoms with Crippen molar-refractivity contribution in [3.63, 3.8) is 0 Å². The Kier molecular flexibility index (Phi) is 7.05. The number of esters is 1. The van der Waals surface area contributed by atoms with Crippen LogP contribution < -0.4 is 5.32 Å². The van der Waals surface area contributed by atoms with Crippen LogP contribution in [0.5, 0.6) is 0 Å². The Balaban J connectivity index is 1.41. The van der Waals surface area contributed by atoms with Crippen LogP contribution in [0.15, 0.2) is 66.9 Å². The molecular formula is C28H28N2O6. The molecule has 8 heteroatoms. The number of aromatic nitrogens is 1. The van der Waals surface area contributed by atoms with E-state index in [2.05, 4.69) is 10.3 Å². The standard InChI is InChI=1S/C28H28N2O6/c1-28(2,3)36-26(33)24-15-17(12-13-29-24)14-23(25(31)32)30-27(34)35-16-22-20-10-6-4-8-18(20)19-9-5-7-11-21(19)22/h4-13,15,22-23H,14,16H2,1-3H3,(H,30,34)(H,31,32). The van der Waals surface area contributed by atoms with Crippen LogP contribution in [-0.2, 0) is 20.7 Å². The molecule has 1 aliphatic carbocycles. The van der Waals surface area contributed by atoms with Gasteiger partial charge in [0, 0.05) is 18.5 Å². The number of rotatable bonds is 7. The summed E-state index contributed by atoms with van der Waals surface area (Å²) in [6.07, 6.45) is 0.518. The number of ether oxygens (including phenoxy) is 2. The molecule has 1 aliphatic rings. The molecule has 3 aromatic rings. The molecule has 1 unspecified atom stereocenters. The van der Waals surface area contributed by atoms with E-state index in [1.807, 2.05) is 48.5 Å². The van der Waals surface area contributed by atoms with Crippen molar-refractivity contribution in [2.24, 2.45) is 0 Å². The zero-order chi connectivity index (χ0) is 25.9. The lowest BCUT2D eigenvalue weighted by molar-refractivity contribution is -0.139. The second kappa shape index (κ2) is 10.2. The van der Waals surface area contributed by atoms with Crippen molar-refractivity contribution in [3.05, 3.63) is 89.2 Å². The number of amides is 1. The Bertz CT molecular complexity index is 1250. The van der Waals surface area contributed by atoms with Crippen molar-refractivity contribution in [3.8, 4) is 11.1 Å². The van der Waals surface area contributed by atoms with Crippen molar-refractivity contribution in [1.29, 1.82) is 0 Å². The van der Waals surface area contributed by atoms with Gasteiger partial charge in [-0.15, -0.1) is 0 Å². The number of benzene rings is 2. The van der Waals surface area contributed by atoms with Crippen LogP contribution in [0.4, 0.5) is 4.79 Å². The summed E-state index contributed by atoms with van der Waals surface area (Å²) in [6, 6.07) is 17.7. The smallest absolute Gasteiger partial charge is 0.407 e. The summed E-state index contributed by atoms with van der Waals surface area (Å²) >= 11 is 0. The highest BCUT2D eigenvalue weighted by atomic mass is 16.6. The van der Waals surface area contributed by atoms with E-state index in [4.69, 9.17) is 9.47 Å². The maximum atomic E-state index is 12.6. The molecule has 1 atom stereocenters. The van der Waals surface area contributed by atoms with Gasteiger partial charge < -0.3 is 19.9 Å². The van der Waals surface area contributed by atoms with Gasteiger partial charge in [0.1, 0.15) is 23.9 Å². The maximum Gasteiger partial charge on any atom is 0.407 e. The fourth-order valence-corrected chi connectivity index (χ4v) is 4.26. The van der Waals surface area contributed by atoms with E-state index in [1.54, 1.807) is 26.8 Å². The molecule has 1 amide bonds. The summed E-state index contributed by atoms with van der Waals surface area (Å²) in [5.74, 6) is -1.97. The SMILES string of the molecule is CC(C)(C)OC(=O)c1cc(CC(NC(=O)OCC2c3ccccc3-c3ccccc32)C(=O)O)ccn1. The predicted octanol–water partition coefficient (Wildman–Crippen LogP) is 4.57. The molecule has 0 aliphatic heterocycles. The summed E-state index contributed by atoms with van der Waals surface area (Å²) in [4.78, 5) is 40.8. The number of carbonyl (C=O) groups is 3. The third-order valence-corrected chi connectivity index (χ3v) is 5.81. The quantitative estimate of drug-likeness (QED) is 0.468. The minimum absolute atomic E-state index is 0.0577. The van der Waals surface area contributed by atoms with Crippen molar-refractivity contribution in [1.82, 2.24) is 10.3 Å². The molecule has 0 spiro atoms. The lowest BCUT2D eigenvalue weighted by Gasteiger charge is -2.19. The lowest BCUT2D eigenvalue weighted by atomic mass is 9.98. The molecule has 4 rings (SSSR count). The Morgan fingerprint density at radius 2 is 1.61 bits per heavy atom. The molecule has 0 saturated heterocycles. The number of fused-ring (bicyclic) bond motifs is 3. The first-order valence-electron chi connectivity index (χ1n) is 11.6. The maximum absolute atomic E-state index is 12.6. The van der Waals surface area contributed by atoms with Crippen molar-refractivity contribution in [2.45, 2.75) is 44.8 Å². The first-order chi connectivity index (χ1) is 17.1. The third kappa shape index (κ3) is 5.71. The lowest BCUT2D eigenvalue weighted by Crippen LogP contribution is -2.43. The summed E-state index contributed by atoms with van der Waals surface area (Å²) in [6.45, 7) is 5.30. The summed E-state index contributed by atoms with van der Waals surface area (Å²) < 4.78 is 10.8. The highest BCUT2D eigenvalue weighted by molar-refractivity contribution is 5.88. The van der Waals surface area contributed by atoms with E-state index >= 15 is 0 Å². The molecule has 0 bridgehead atoms. The first kappa shape index (κ1) is 24.9. The number of alkyl carbamates (subject to hydrolysis) is 1. The number of hydrogen-bond acceptors (Lipinski definition) is 6. The average Bonchev–Trinajstić information content (AvgIpc) is 3.15. The number of carbonyl (C=O) groups excluding carboxylic acids is 2. The normalized spacial score (nSPS) is 13.3. The van der Waals surface area contributed by atoms with E-state index in [0.717, 1.165) is 22.3 Å². The van der Waals surface area contributed by atoms with Gasteiger partial charge in [0.2, 0.25) is 0 Å². The molecule has 1 aromatic heterocycles. The van der Waals surface area contributed by atoms with Crippen LogP contribution in [0.25, 0.3) is 11.1 Å². The fraction of sp³-hybridized carbons (Fsp3) is 0.286. The van der Waals surface area contributed by atoms with Crippen LogP contribution in [-0.4, -0.2) is 46.4 Å². The summed E-state index contributed by atoms with van der Waals surface area (Å²) in [7, 11) is 0. The highest BCUT2D eigenvalue weighted by Crippen LogP contribution is 2.44. The van der Waals surface area contributed by atoms with E-state index < -0.39 is 29.7 Å². The summed E-state index contributed by atoms with van der Waals surface area (Å²) in [5.41, 5.74) is 4.21. The Labute approximate surface area is 209 Å². The number of pyridine rings is 1. The highest BCUT2D eigenvalue weighted by Gasteiger charge is 2.30. The minimum Gasteiger partial charge on any atom is -0.480 e. The molecule has 2 N–H and O–H groups in total. The Hall–Kier alpha value is -4.20. The van der Waals surface area contributed by atoms with Gasteiger partial charge in [0.15, 0.2) is 0 Å². The van der Waals surface area contributed by atoms with Crippen LogP contribution in [0.3, 0.4) is 0 Å². The molecule has 8 nitrogen and oxygen atoms in total. The van der Waals surface area contributed by atoms with Crippen LogP contribution in [0.2, 0.25) is 0 Å². The van der Waals surface area contributed by atoms with Crippen LogP contribution >= 0.6 is 0 Å². The molecule has 0 fully saturated rings. The summed E-state index contributed by atoms with van der Waals surface area (Å²) in [5, 5.41) is 12.1. The zero-order valence-corrected chi connectivity index (χ0v) is 20.4. The molecule has 1 heterocycles. The van der Waals surface area contributed by atoms with Crippen LogP contribution in [0, 0.1) is 0 Å². The minimum atomic E-state index is -1.26. The van der Waals surface area contributed by atoms with E-state index in [9.17, 15) is 19.5 Å². The molecular weight excluding hydrogens is 460 g/mol. The number of hydrogen-bond donors (Lipinski definition) is 2. The van der Waals surface area contributed by atoms with Gasteiger partial charge in [0.05, 0.1) is 0 Å². The van der Waals surface area contributed by atoms with Crippen molar-refractivity contribution in [2.75, 3.05) is 6.61 Å². The van der Waals surface area contributed by atoms with Gasteiger partial charge in [-0.3, -0.25) is 0 Å².